The molecule has 0 radical (unpaired) electrons. The maximum atomic E-state index is 11.7. The van der Waals surface area contributed by atoms with E-state index in [0.29, 0.717) is 0 Å². The third-order valence-electron chi connectivity index (χ3n) is 5.06. The van der Waals surface area contributed by atoms with Gasteiger partial charge in [-0.25, -0.2) is 0 Å². The first-order valence-electron chi connectivity index (χ1n) is 9.70. The van der Waals surface area contributed by atoms with Crippen LogP contribution in [0, 0.1) is 0 Å². The summed E-state index contributed by atoms with van der Waals surface area (Å²) >= 11 is 0. The van der Waals surface area contributed by atoms with Crippen LogP contribution < -0.4 is 0 Å². The van der Waals surface area contributed by atoms with Crippen molar-refractivity contribution in [3.63, 3.8) is 0 Å². The van der Waals surface area contributed by atoms with Crippen LogP contribution in [0.25, 0.3) is 0 Å². The van der Waals surface area contributed by atoms with Crippen molar-refractivity contribution in [3.05, 3.63) is 108 Å². The van der Waals surface area contributed by atoms with Crippen molar-refractivity contribution in [1.82, 2.24) is 0 Å². The van der Waals surface area contributed by atoms with Crippen LogP contribution in [0.2, 0.25) is 0 Å². The van der Waals surface area contributed by atoms with Crippen LogP contribution in [0.15, 0.2) is 91.0 Å². The summed E-state index contributed by atoms with van der Waals surface area (Å²) in [6, 6.07) is 29.9. The molecule has 0 unspecified atom stereocenters. The molecule has 2 atom stereocenters. The molecule has 3 aromatic rings. The van der Waals surface area contributed by atoms with E-state index in [2.05, 4.69) is 0 Å². The van der Waals surface area contributed by atoms with Crippen LogP contribution in [-0.2, 0) is 24.6 Å². The minimum Gasteiger partial charge on any atom is -0.334 e. The van der Waals surface area contributed by atoms with Crippen molar-refractivity contribution in [2.45, 2.75) is 37.6 Å². The van der Waals surface area contributed by atoms with E-state index in [1.54, 1.807) is 13.8 Å². The second kappa shape index (κ2) is 7.91. The molecule has 0 amide bonds. The minimum absolute atomic E-state index is 0.741. The molecule has 0 N–H and O–H groups in total. The molecule has 1 fully saturated rings. The molecule has 148 valence electrons. The highest BCUT2D eigenvalue weighted by Crippen LogP contribution is 2.43. The van der Waals surface area contributed by atoms with Gasteiger partial charge in [0.2, 0.25) is 0 Å². The van der Waals surface area contributed by atoms with E-state index >= 15 is 0 Å². The van der Waals surface area contributed by atoms with Crippen LogP contribution in [0.3, 0.4) is 0 Å². The molecule has 1 heterocycles. The zero-order valence-corrected chi connectivity index (χ0v) is 16.5. The van der Waals surface area contributed by atoms with Gasteiger partial charge >= 0.3 is 0 Å². The summed E-state index contributed by atoms with van der Waals surface area (Å²) in [7, 11) is 0. The van der Waals surface area contributed by atoms with Crippen molar-refractivity contribution in [3.8, 4) is 0 Å². The van der Waals surface area contributed by atoms with E-state index in [1.807, 2.05) is 91.0 Å². The van der Waals surface area contributed by atoms with Crippen molar-refractivity contribution < 1.29 is 19.0 Å². The number of carbonyl (C=O) groups is 1. The zero-order valence-electron chi connectivity index (χ0n) is 16.5. The molecule has 0 aromatic heterocycles. The van der Waals surface area contributed by atoms with E-state index in [1.165, 1.54) is 0 Å². The summed E-state index contributed by atoms with van der Waals surface area (Å²) in [5, 5.41) is 0. The fraction of sp³-hybridized carbons (Fsp3) is 0.240. The van der Waals surface area contributed by atoms with E-state index in [9.17, 15) is 4.79 Å². The molecule has 1 aliphatic rings. The summed E-state index contributed by atoms with van der Waals surface area (Å²) in [5.74, 6) is -0.911. The lowest BCUT2D eigenvalue weighted by atomic mass is 9.80. The maximum Gasteiger partial charge on any atom is 0.195 e. The second-order valence-corrected chi connectivity index (χ2v) is 7.50. The first kappa shape index (κ1) is 19.5. The van der Waals surface area contributed by atoms with Gasteiger partial charge in [-0.2, -0.15) is 0 Å². The van der Waals surface area contributed by atoms with Crippen molar-refractivity contribution in [2.24, 2.45) is 0 Å². The van der Waals surface area contributed by atoms with Crippen molar-refractivity contribution in [2.75, 3.05) is 0 Å². The van der Waals surface area contributed by atoms with E-state index in [-0.39, 0.29) is 0 Å². The summed E-state index contributed by atoms with van der Waals surface area (Å²) in [5.41, 5.74) is 1.85. The fourth-order valence-corrected chi connectivity index (χ4v) is 3.84. The molecule has 0 spiro atoms. The van der Waals surface area contributed by atoms with Gasteiger partial charge < -0.3 is 19.0 Å². The average molecular weight is 388 g/mol. The first-order valence-corrected chi connectivity index (χ1v) is 9.70. The first-order chi connectivity index (χ1) is 14.0. The van der Waals surface area contributed by atoms with Crippen LogP contribution in [-0.4, -0.2) is 24.5 Å². The van der Waals surface area contributed by atoms with Gasteiger partial charge in [0.15, 0.2) is 24.5 Å². The Bertz CT molecular complexity index is 842. The Labute approximate surface area is 171 Å². The molecular formula is C25H24O4. The Morgan fingerprint density at radius 2 is 1.17 bits per heavy atom. The minimum atomic E-state index is -0.973. The van der Waals surface area contributed by atoms with E-state index in [0.717, 1.165) is 23.0 Å². The van der Waals surface area contributed by atoms with Gasteiger partial charge in [-0.3, -0.25) is 0 Å². The number of hydrogen-bond acceptors (Lipinski definition) is 4. The topological polar surface area (TPSA) is 44.8 Å². The standard InChI is InChI=1S/C25H24O4/c1-24(2)27-22(18-26)23(28-24)29-25(19-12-6-3-7-13-19,20-14-8-4-9-15-20)21-16-10-5-11-17-21/h3-18,22-23H,1-2H3/t22-,23-/m0/s1. The lowest BCUT2D eigenvalue weighted by molar-refractivity contribution is -0.216. The third kappa shape index (κ3) is 3.75. The SMILES string of the molecule is CC1(C)O[C@@H](OC(c2ccccc2)(c2ccccc2)c2ccccc2)[C@H](C=O)O1. The van der Waals surface area contributed by atoms with E-state index < -0.39 is 23.8 Å². The highest BCUT2D eigenvalue weighted by molar-refractivity contribution is 5.57. The van der Waals surface area contributed by atoms with Crippen LogP contribution in [0.5, 0.6) is 0 Å². The van der Waals surface area contributed by atoms with Crippen LogP contribution in [0.1, 0.15) is 30.5 Å². The van der Waals surface area contributed by atoms with Crippen LogP contribution in [0.4, 0.5) is 0 Å². The van der Waals surface area contributed by atoms with Gasteiger partial charge in [0.25, 0.3) is 0 Å². The number of hydrogen-bond donors (Lipinski definition) is 0. The Balaban J connectivity index is 1.92. The molecule has 29 heavy (non-hydrogen) atoms. The molecule has 1 saturated heterocycles. The Hall–Kier alpha value is -2.79. The highest BCUT2D eigenvalue weighted by Gasteiger charge is 2.48. The van der Waals surface area contributed by atoms with Crippen LogP contribution >= 0.6 is 0 Å². The van der Waals surface area contributed by atoms with Crippen molar-refractivity contribution >= 4 is 6.29 Å². The number of ether oxygens (including phenoxy) is 3. The number of benzene rings is 3. The molecule has 4 rings (SSSR count). The van der Waals surface area contributed by atoms with Gasteiger partial charge in [-0.1, -0.05) is 91.0 Å². The largest absolute Gasteiger partial charge is 0.334 e. The zero-order chi connectivity index (χ0) is 20.3. The Kier molecular flexibility index (Phi) is 5.33. The normalized spacial score (nSPS) is 21.0. The van der Waals surface area contributed by atoms with Crippen molar-refractivity contribution in [1.29, 1.82) is 0 Å². The lowest BCUT2D eigenvalue weighted by Crippen LogP contribution is -2.41. The molecule has 0 bridgehead atoms. The molecule has 0 aliphatic carbocycles. The summed E-state index contributed by atoms with van der Waals surface area (Å²) in [6.45, 7) is 3.56. The summed E-state index contributed by atoms with van der Waals surface area (Å²) in [6.07, 6.45) is -0.936. The molecular weight excluding hydrogens is 364 g/mol. The van der Waals surface area contributed by atoms with Gasteiger partial charge in [0.05, 0.1) is 0 Å². The second-order valence-electron chi connectivity index (χ2n) is 7.50. The average Bonchev–Trinajstić information content (AvgIpc) is 3.07. The van der Waals surface area contributed by atoms with E-state index in [4.69, 9.17) is 14.2 Å². The monoisotopic (exact) mass is 388 g/mol. The van der Waals surface area contributed by atoms with Gasteiger partial charge in [-0.05, 0) is 30.5 Å². The molecule has 3 aromatic carbocycles. The number of carbonyl (C=O) groups excluding carboxylic acids is 1. The fourth-order valence-electron chi connectivity index (χ4n) is 3.84. The summed E-state index contributed by atoms with van der Waals surface area (Å²) < 4.78 is 18.5. The highest BCUT2D eigenvalue weighted by atomic mass is 16.8. The van der Waals surface area contributed by atoms with Gasteiger partial charge in [0, 0.05) is 0 Å². The molecule has 1 aliphatic heterocycles. The van der Waals surface area contributed by atoms with Gasteiger partial charge in [-0.15, -0.1) is 0 Å². The predicted molar refractivity (Wildman–Crippen MR) is 110 cm³/mol. The predicted octanol–water partition coefficient (Wildman–Crippen LogP) is 4.67. The van der Waals surface area contributed by atoms with Gasteiger partial charge in [0.1, 0.15) is 5.60 Å². The lowest BCUT2D eigenvalue weighted by Gasteiger charge is -2.38. The summed E-state index contributed by atoms with van der Waals surface area (Å²) in [4.78, 5) is 11.7. The maximum absolute atomic E-state index is 11.7. The molecule has 0 saturated carbocycles. The quantitative estimate of drug-likeness (QED) is 0.455. The third-order valence-corrected chi connectivity index (χ3v) is 5.06. The Morgan fingerprint density at radius 3 is 1.55 bits per heavy atom. The molecule has 4 nitrogen and oxygen atoms in total. The smallest absolute Gasteiger partial charge is 0.195 e. The number of rotatable bonds is 6. The molecule has 4 heteroatoms. The number of aldehydes is 1. The Morgan fingerprint density at radius 1 is 0.759 bits per heavy atom.